The normalized spacial score (nSPS) is 14.8. The second-order valence-electron chi connectivity index (χ2n) is 6.33. The lowest BCUT2D eigenvalue weighted by Gasteiger charge is -2.21. The molecule has 130 valence electrons. The summed E-state index contributed by atoms with van der Waals surface area (Å²) in [7, 11) is 1.51. The van der Waals surface area contributed by atoms with Gasteiger partial charge in [0, 0.05) is 11.6 Å². The van der Waals surface area contributed by atoms with Gasteiger partial charge in [-0.05, 0) is 30.4 Å². The number of ketones is 1. The molecule has 0 bridgehead atoms. The summed E-state index contributed by atoms with van der Waals surface area (Å²) in [5.41, 5.74) is 2.12. The Hall–Kier alpha value is -2.69. The lowest BCUT2D eigenvalue weighted by atomic mass is 9.84. The summed E-state index contributed by atoms with van der Waals surface area (Å²) in [6, 6.07) is 10.7. The topological polar surface area (TPSA) is 68.3 Å². The Morgan fingerprint density at radius 1 is 1.04 bits per heavy atom. The molecule has 0 spiro atoms. The van der Waals surface area contributed by atoms with Crippen LogP contribution in [-0.2, 0) is 4.79 Å². The van der Waals surface area contributed by atoms with Gasteiger partial charge in [0.15, 0.2) is 0 Å². The molecule has 5 nitrogen and oxygen atoms in total. The highest BCUT2D eigenvalue weighted by Gasteiger charge is 2.19. The Balaban J connectivity index is 1.63. The molecule has 1 aliphatic rings. The minimum absolute atomic E-state index is 0.401. The number of amides is 1. The molecule has 0 aliphatic heterocycles. The van der Waals surface area contributed by atoms with Gasteiger partial charge in [0.1, 0.15) is 0 Å². The monoisotopic (exact) mass is 338 g/mol. The van der Waals surface area contributed by atoms with Crippen LogP contribution in [0.3, 0.4) is 0 Å². The number of carbonyl (C=O) groups excluding carboxylic acids is 2. The molecule has 0 atom stereocenters. The van der Waals surface area contributed by atoms with Crippen LogP contribution in [0, 0.1) is 0 Å². The van der Waals surface area contributed by atoms with E-state index in [4.69, 9.17) is 4.74 Å². The zero-order chi connectivity index (χ0) is 17.6. The van der Waals surface area contributed by atoms with E-state index in [2.05, 4.69) is 10.3 Å². The van der Waals surface area contributed by atoms with Crippen LogP contribution >= 0.6 is 0 Å². The van der Waals surface area contributed by atoms with Gasteiger partial charge in [-0.15, -0.1) is 0 Å². The van der Waals surface area contributed by atoms with Gasteiger partial charge in [0.25, 0.3) is 11.7 Å². The maximum Gasteiger partial charge on any atom is 0.296 e. The number of hydrogen-bond donors (Lipinski definition) is 1. The molecule has 1 amide bonds. The molecule has 1 saturated carbocycles. The number of Topliss-reactive ketones (excluding diaryl/α,β-unsaturated/α-hetero) is 1. The van der Waals surface area contributed by atoms with Crippen molar-refractivity contribution in [2.75, 3.05) is 12.4 Å². The number of nitrogens with one attached hydrogen (secondary N) is 1. The highest BCUT2D eigenvalue weighted by atomic mass is 16.5. The van der Waals surface area contributed by atoms with E-state index < -0.39 is 11.7 Å². The van der Waals surface area contributed by atoms with Crippen LogP contribution in [0.2, 0.25) is 0 Å². The Labute approximate surface area is 147 Å². The van der Waals surface area contributed by atoms with Crippen molar-refractivity contribution in [2.24, 2.45) is 0 Å². The van der Waals surface area contributed by atoms with Crippen LogP contribution in [-0.4, -0.2) is 23.8 Å². The number of anilines is 1. The molecule has 0 saturated heterocycles. The Bertz CT molecular complexity index is 733. The van der Waals surface area contributed by atoms with Crippen LogP contribution in [0.25, 0.3) is 0 Å². The van der Waals surface area contributed by atoms with Crippen LogP contribution < -0.4 is 10.1 Å². The van der Waals surface area contributed by atoms with Crippen LogP contribution in [0.4, 0.5) is 5.69 Å². The number of pyridine rings is 1. The first-order valence-electron chi connectivity index (χ1n) is 8.63. The lowest BCUT2D eigenvalue weighted by Crippen LogP contribution is -2.23. The predicted molar refractivity (Wildman–Crippen MR) is 96.0 cm³/mol. The van der Waals surface area contributed by atoms with Gasteiger partial charge in [0.2, 0.25) is 5.88 Å². The third-order valence-electron chi connectivity index (χ3n) is 4.66. The third-order valence-corrected chi connectivity index (χ3v) is 4.66. The van der Waals surface area contributed by atoms with E-state index in [0.717, 1.165) is 0 Å². The Kier molecular flexibility index (Phi) is 5.43. The summed E-state index contributed by atoms with van der Waals surface area (Å²) in [6.45, 7) is 0. The van der Waals surface area contributed by atoms with Crippen LogP contribution in [0.1, 0.15) is 53.9 Å². The van der Waals surface area contributed by atoms with E-state index in [-0.39, 0.29) is 0 Å². The van der Waals surface area contributed by atoms with Crippen LogP contribution in [0.15, 0.2) is 42.6 Å². The molecule has 1 aromatic carbocycles. The maximum atomic E-state index is 12.3. The quantitative estimate of drug-likeness (QED) is 0.662. The third kappa shape index (κ3) is 4.24. The number of aromatic nitrogens is 1. The molecule has 1 aliphatic carbocycles. The summed E-state index contributed by atoms with van der Waals surface area (Å²) < 4.78 is 4.96. The van der Waals surface area contributed by atoms with Crippen molar-refractivity contribution < 1.29 is 14.3 Å². The summed E-state index contributed by atoms with van der Waals surface area (Å²) in [4.78, 5) is 28.4. The van der Waals surface area contributed by atoms with Crippen molar-refractivity contribution in [3.05, 3.63) is 53.7 Å². The second-order valence-corrected chi connectivity index (χ2v) is 6.33. The van der Waals surface area contributed by atoms with Gasteiger partial charge in [0.05, 0.1) is 19.0 Å². The van der Waals surface area contributed by atoms with Gasteiger partial charge in [-0.3, -0.25) is 9.59 Å². The van der Waals surface area contributed by atoms with E-state index in [9.17, 15) is 9.59 Å². The highest BCUT2D eigenvalue weighted by Crippen LogP contribution is 2.32. The number of rotatable bonds is 5. The average Bonchev–Trinajstić information content (AvgIpc) is 2.69. The molecular weight excluding hydrogens is 316 g/mol. The molecule has 1 aromatic heterocycles. The Morgan fingerprint density at radius 3 is 2.36 bits per heavy atom. The van der Waals surface area contributed by atoms with Gasteiger partial charge in [-0.1, -0.05) is 43.5 Å². The number of hydrogen-bond acceptors (Lipinski definition) is 4. The summed E-state index contributed by atoms with van der Waals surface area (Å²) >= 11 is 0. The molecule has 1 fully saturated rings. The van der Waals surface area contributed by atoms with E-state index in [0.29, 0.717) is 23.0 Å². The summed E-state index contributed by atoms with van der Waals surface area (Å²) in [5.74, 6) is -0.192. The van der Waals surface area contributed by atoms with Crippen molar-refractivity contribution in [3.8, 4) is 5.88 Å². The first kappa shape index (κ1) is 17.1. The lowest BCUT2D eigenvalue weighted by molar-refractivity contribution is -0.112. The molecule has 1 N–H and O–H groups in total. The van der Waals surface area contributed by atoms with Crippen molar-refractivity contribution in [3.63, 3.8) is 0 Å². The Morgan fingerprint density at radius 2 is 1.76 bits per heavy atom. The van der Waals surface area contributed by atoms with E-state index in [1.165, 1.54) is 51.0 Å². The molecule has 3 rings (SSSR count). The molecule has 0 radical (unpaired) electrons. The summed E-state index contributed by atoms with van der Waals surface area (Å²) in [6.07, 6.45) is 7.72. The molecule has 2 aromatic rings. The fourth-order valence-electron chi connectivity index (χ4n) is 3.24. The minimum atomic E-state index is -0.669. The minimum Gasteiger partial charge on any atom is -0.481 e. The molecule has 5 heteroatoms. The smallest absolute Gasteiger partial charge is 0.296 e. The van der Waals surface area contributed by atoms with Gasteiger partial charge >= 0.3 is 0 Å². The molecule has 0 unspecified atom stereocenters. The van der Waals surface area contributed by atoms with E-state index in [1.807, 2.05) is 12.1 Å². The SMILES string of the molecule is COc1ccc(NC(=O)C(=O)c2ccc(C3CCCCC3)cc2)cn1. The number of methoxy groups -OCH3 is 1. The van der Waals surface area contributed by atoms with E-state index in [1.54, 1.807) is 24.3 Å². The van der Waals surface area contributed by atoms with Crippen LogP contribution in [0.5, 0.6) is 5.88 Å². The standard InChI is InChI=1S/C20H22N2O3/c1-25-18-12-11-17(13-21-18)22-20(24)19(23)16-9-7-15(8-10-16)14-5-3-2-4-6-14/h7-14H,2-6H2,1H3,(H,22,24). The number of ether oxygens (including phenoxy) is 1. The van der Waals surface area contributed by atoms with E-state index >= 15 is 0 Å². The fourth-order valence-corrected chi connectivity index (χ4v) is 3.24. The first-order chi connectivity index (χ1) is 12.2. The number of benzene rings is 1. The van der Waals surface area contributed by atoms with Crippen molar-refractivity contribution in [2.45, 2.75) is 38.0 Å². The number of carbonyl (C=O) groups is 2. The molecular formula is C20H22N2O3. The maximum absolute atomic E-state index is 12.3. The zero-order valence-corrected chi connectivity index (χ0v) is 14.3. The summed E-state index contributed by atoms with van der Waals surface area (Å²) in [5, 5.41) is 2.56. The first-order valence-corrected chi connectivity index (χ1v) is 8.63. The molecule has 25 heavy (non-hydrogen) atoms. The number of nitrogens with zero attached hydrogens (tertiary/aromatic N) is 1. The van der Waals surface area contributed by atoms with Gasteiger partial charge < -0.3 is 10.1 Å². The van der Waals surface area contributed by atoms with Crippen molar-refractivity contribution in [1.82, 2.24) is 4.98 Å². The van der Waals surface area contributed by atoms with Gasteiger partial charge in [-0.25, -0.2) is 4.98 Å². The highest BCUT2D eigenvalue weighted by molar-refractivity contribution is 6.46. The predicted octanol–water partition coefficient (Wildman–Crippen LogP) is 3.96. The van der Waals surface area contributed by atoms with Crippen molar-refractivity contribution >= 4 is 17.4 Å². The second kappa shape index (κ2) is 7.92. The van der Waals surface area contributed by atoms with Crippen molar-refractivity contribution in [1.29, 1.82) is 0 Å². The van der Waals surface area contributed by atoms with Gasteiger partial charge in [-0.2, -0.15) is 0 Å². The average molecular weight is 338 g/mol. The molecule has 1 heterocycles. The largest absolute Gasteiger partial charge is 0.481 e. The fraction of sp³-hybridized carbons (Fsp3) is 0.350. The zero-order valence-electron chi connectivity index (χ0n) is 14.3.